The molecule has 28 heavy (non-hydrogen) atoms. The summed E-state index contributed by atoms with van der Waals surface area (Å²) in [6.07, 6.45) is 6.35. The predicted octanol–water partition coefficient (Wildman–Crippen LogP) is 2.34. The summed E-state index contributed by atoms with van der Waals surface area (Å²) in [4.78, 5) is 21.0. The number of hydrogen-bond acceptors (Lipinski definition) is 5. The predicted molar refractivity (Wildman–Crippen MR) is 107 cm³/mol. The molecule has 1 aromatic carbocycles. The van der Waals surface area contributed by atoms with Gasteiger partial charge in [-0.1, -0.05) is 18.2 Å². The molecule has 1 unspecified atom stereocenters. The van der Waals surface area contributed by atoms with Gasteiger partial charge < -0.3 is 9.88 Å². The second-order valence-corrected chi connectivity index (χ2v) is 7.20. The lowest BCUT2D eigenvalue weighted by Gasteiger charge is -2.16. The molecular weight excluding hydrogens is 354 g/mol. The molecule has 0 radical (unpaired) electrons. The number of aromatic amines is 1. The van der Waals surface area contributed by atoms with Crippen molar-refractivity contribution < 1.29 is 0 Å². The third-order valence-electron chi connectivity index (χ3n) is 5.42. The quantitative estimate of drug-likeness (QED) is 0.573. The van der Waals surface area contributed by atoms with Gasteiger partial charge in [0.1, 0.15) is 5.82 Å². The van der Waals surface area contributed by atoms with Crippen LogP contribution in [-0.4, -0.2) is 35.3 Å². The smallest absolute Gasteiger partial charge is 0.343 e. The molecular formula is C20H21N7O. The topological polar surface area (TPSA) is 93.4 Å². The molecule has 8 nitrogen and oxygen atoms in total. The molecule has 8 heteroatoms. The van der Waals surface area contributed by atoms with Crippen molar-refractivity contribution in [3.05, 3.63) is 59.0 Å². The summed E-state index contributed by atoms with van der Waals surface area (Å²) < 4.78 is 3.83. The number of fused-ring (bicyclic) bond motifs is 2. The lowest BCUT2D eigenvalue weighted by Crippen LogP contribution is -2.23. The molecule has 0 aliphatic carbocycles. The Morgan fingerprint density at radius 1 is 1.21 bits per heavy atom. The molecule has 0 bridgehead atoms. The first kappa shape index (κ1) is 16.7. The number of aryl methyl sites for hydroxylation is 2. The number of benzene rings is 1. The van der Waals surface area contributed by atoms with Crippen LogP contribution in [0.2, 0.25) is 0 Å². The van der Waals surface area contributed by atoms with Gasteiger partial charge in [-0.05, 0) is 25.0 Å². The van der Waals surface area contributed by atoms with E-state index in [-0.39, 0.29) is 11.7 Å². The van der Waals surface area contributed by atoms with Crippen LogP contribution >= 0.6 is 0 Å². The largest absolute Gasteiger partial charge is 0.351 e. The highest BCUT2D eigenvalue weighted by Crippen LogP contribution is 2.29. The van der Waals surface area contributed by atoms with Crippen molar-refractivity contribution in [2.45, 2.75) is 31.8 Å². The fraction of sp³-hybridized carbons (Fsp3) is 0.300. The molecule has 0 amide bonds. The maximum absolute atomic E-state index is 11.8. The van der Waals surface area contributed by atoms with Gasteiger partial charge >= 0.3 is 5.69 Å². The van der Waals surface area contributed by atoms with Crippen LogP contribution in [0, 0.1) is 0 Å². The van der Waals surface area contributed by atoms with Gasteiger partial charge in [0.2, 0.25) is 5.95 Å². The van der Waals surface area contributed by atoms with E-state index in [1.54, 1.807) is 10.8 Å². The minimum absolute atomic E-state index is 0.134. The van der Waals surface area contributed by atoms with Crippen LogP contribution in [0.5, 0.6) is 0 Å². The molecule has 3 aromatic heterocycles. The molecule has 4 heterocycles. The Kier molecular flexibility index (Phi) is 3.96. The molecule has 1 atom stereocenters. The lowest BCUT2D eigenvalue weighted by atomic mass is 10.1. The normalized spacial score (nSPS) is 16.7. The molecule has 1 aliphatic rings. The van der Waals surface area contributed by atoms with Crippen LogP contribution < -0.4 is 11.0 Å². The second-order valence-electron chi connectivity index (χ2n) is 7.20. The third-order valence-corrected chi connectivity index (χ3v) is 5.42. The summed E-state index contributed by atoms with van der Waals surface area (Å²) >= 11 is 0. The van der Waals surface area contributed by atoms with Crippen molar-refractivity contribution in [2.75, 3.05) is 5.32 Å². The zero-order chi connectivity index (χ0) is 19.1. The molecule has 0 spiro atoms. The minimum Gasteiger partial charge on any atom is -0.351 e. The first-order chi connectivity index (χ1) is 13.7. The average Bonchev–Trinajstić information content (AvgIpc) is 3.16. The fourth-order valence-corrected chi connectivity index (χ4v) is 3.96. The summed E-state index contributed by atoms with van der Waals surface area (Å²) in [6.45, 7) is 0.644. The maximum atomic E-state index is 11.8. The van der Waals surface area contributed by atoms with Crippen LogP contribution in [0.25, 0.3) is 22.2 Å². The number of anilines is 1. The van der Waals surface area contributed by atoms with Crippen molar-refractivity contribution in [3.8, 4) is 11.3 Å². The minimum atomic E-state index is -0.134. The van der Waals surface area contributed by atoms with Crippen LogP contribution in [0.15, 0.2) is 47.5 Å². The van der Waals surface area contributed by atoms with E-state index in [1.807, 2.05) is 25.2 Å². The lowest BCUT2D eigenvalue weighted by molar-refractivity contribution is 0.570. The maximum Gasteiger partial charge on any atom is 0.343 e. The van der Waals surface area contributed by atoms with Gasteiger partial charge in [-0.3, -0.25) is 4.57 Å². The number of aromatic nitrogens is 6. The van der Waals surface area contributed by atoms with Crippen molar-refractivity contribution in [1.29, 1.82) is 0 Å². The number of para-hydroxylation sites is 1. The molecule has 0 saturated carbocycles. The Morgan fingerprint density at radius 2 is 2.11 bits per heavy atom. The Morgan fingerprint density at radius 3 is 3.04 bits per heavy atom. The zero-order valence-electron chi connectivity index (χ0n) is 15.6. The number of H-pyrrole nitrogens is 1. The summed E-state index contributed by atoms with van der Waals surface area (Å²) in [5.74, 6) is 1.43. The second kappa shape index (κ2) is 6.63. The van der Waals surface area contributed by atoms with E-state index in [1.165, 1.54) is 10.9 Å². The van der Waals surface area contributed by atoms with Crippen LogP contribution in [-0.2, 0) is 20.0 Å². The molecule has 0 fully saturated rings. The van der Waals surface area contributed by atoms with Gasteiger partial charge in [0.05, 0.1) is 5.69 Å². The summed E-state index contributed by atoms with van der Waals surface area (Å²) in [5, 5.41) is 11.3. The van der Waals surface area contributed by atoms with Gasteiger partial charge in [0.25, 0.3) is 0 Å². The van der Waals surface area contributed by atoms with Crippen molar-refractivity contribution in [2.24, 2.45) is 7.05 Å². The highest BCUT2D eigenvalue weighted by molar-refractivity contribution is 5.95. The Hall–Kier alpha value is -3.42. The van der Waals surface area contributed by atoms with Gasteiger partial charge in [-0.15, -0.1) is 0 Å². The number of nitrogens with zero attached hydrogens (tertiary/aromatic N) is 5. The molecule has 1 aliphatic heterocycles. The van der Waals surface area contributed by atoms with Crippen LogP contribution in [0.4, 0.5) is 5.95 Å². The summed E-state index contributed by atoms with van der Waals surface area (Å²) in [5.41, 5.74) is 3.03. The average molecular weight is 375 g/mol. The van der Waals surface area contributed by atoms with Gasteiger partial charge in [-0.25, -0.2) is 19.9 Å². The standard InChI is InChI=1S/C20H21N7O/c1-26-12-15(14-4-2-3-5-17(14)26)16-8-10-21-19(23-16)22-13-6-7-18-24-25-20(28)27(18)11-9-13/h2-5,8,10,12-13H,6-7,9,11H2,1H3,(H,25,28)(H,21,22,23). The fourth-order valence-electron chi connectivity index (χ4n) is 3.96. The summed E-state index contributed by atoms with van der Waals surface area (Å²) in [7, 11) is 2.04. The van der Waals surface area contributed by atoms with Crippen molar-refractivity contribution in [3.63, 3.8) is 0 Å². The Bertz CT molecular complexity index is 1200. The van der Waals surface area contributed by atoms with Crippen molar-refractivity contribution >= 4 is 16.9 Å². The van der Waals surface area contributed by atoms with E-state index in [0.29, 0.717) is 12.5 Å². The Labute approximate surface area is 161 Å². The third kappa shape index (κ3) is 2.87. The number of nitrogens with one attached hydrogen (secondary N) is 2. The molecule has 142 valence electrons. The molecule has 4 aromatic rings. The van der Waals surface area contributed by atoms with Crippen molar-refractivity contribution in [1.82, 2.24) is 29.3 Å². The number of hydrogen-bond donors (Lipinski definition) is 2. The SMILES string of the molecule is Cn1cc(-c2ccnc(NC3CCc4n[nH]c(=O)n4CC3)n2)c2ccccc21. The van der Waals surface area contributed by atoms with E-state index in [2.05, 4.69) is 43.4 Å². The van der Waals surface area contributed by atoms with E-state index >= 15 is 0 Å². The molecule has 0 saturated heterocycles. The first-order valence-corrected chi connectivity index (χ1v) is 9.47. The highest BCUT2D eigenvalue weighted by atomic mass is 16.1. The van der Waals surface area contributed by atoms with Gasteiger partial charge in [0, 0.05) is 54.9 Å². The van der Waals surface area contributed by atoms with Crippen LogP contribution in [0.3, 0.4) is 0 Å². The van der Waals surface area contributed by atoms with E-state index < -0.39 is 0 Å². The van der Waals surface area contributed by atoms with Gasteiger partial charge in [-0.2, -0.15) is 5.10 Å². The zero-order valence-corrected chi connectivity index (χ0v) is 15.6. The molecule has 2 N–H and O–H groups in total. The van der Waals surface area contributed by atoms with E-state index in [4.69, 9.17) is 4.98 Å². The van der Waals surface area contributed by atoms with E-state index in [9.17, 15) is 4.79 Å². The summed E-state index contributed by atoms with van der Waals surface area (Å²) in [6, 6.07) is 10.4. The van der Waals surface area contributed by atoms with E-state index in [0.717, 1.165) is 36.3 Å². The monoisotopic (exact) mass is 375 g/mol. The van der Waals surface area contributed by atoms with Crippen LogP contribution in [0.1, 0.15) is 18.7 Å². The Balaban J connectivity index is 1.40. The highest BCUT2D eigenvalue weighted by Gasteiger charge is 2.19. The van der Waals surface area contributed by atoms with Gasteiger partial charge in [0.15, 0.2) is 0 Å². The first-order valence-electron chi connectivity index (χ1n) is 9.47. The molecule has 5 rings (SSSR count). The number of rotatable bonds is 3.